The Morgan fingerprint density at radius 2 is 1.62 bits per heavy atom. The molecule has 0 atom stereocenters. The summed E-state index contributed by atoms with van der Waals surface area (Å²) >= 11 is 5.77. The van der Waals surface area contributed by atoms with Gasteiger partial charge in [-0.25, -0.2) is 4.79 Å². The molecule has 0 unspecified atom stereocenters. The van der Waals surface area contributed by atoms with Gasteiger partial charge in [-0.3, -0.25) is 0 Å². The van der Waals surface area contributed by atoms with Crippen LogP contribution in [0.15, 0.2) is 0 Å². The highest BCUT2D eigenvalue weighted by Crippen LogP contribution is 2.36. The average Bonchev–Trinajstić information content (AvgIpc) is 2.23. The van der Waals surface area contributed by atoms with Crippen molar-refractivity contribution in [2.75, 3.05) is 25.6 Å². The second-order valence-electron chi connectivity index (χ2n) is 7.77. The number of carbonyl (C=O) groups is 1. The zero-order valence-electron chi connectivity index (χ0n) is 14.9. The summed E-state index contributed by atoms with van der Waals surface area (Å²) in [7, 11) is -1.79. The van der Waals surface area contributed by atoms with Crippen molar-refractivity contribution in [2.45, 2.75) is 65.3 Å². The van der Waals surface area contributed by atoms with Gasteiger partial charge >= 0.3 is 6.09 Å². The van der Waals surface area contributed by atoms with Crippen molar-refractivity contribution in [3.8, 4) is 0 Å². The van der Waals surface area contributed by atoms with Crippen LogP contribution in [0.5, 0.6) is 0 Å². The summed E-state index contributed by atoms with van der Waals surface area (Å²) in [5.41, 5.74) is -0.498. The van der Waals surface area contributed by atoms with Crippen LogP contribution in [-0.2, 0) is 9.16 Å². The van der Waals surface area contributed by atoms with E-state index in [9.17, 15) is 4.79 Å². The second-order valence-corrected chi connectivity index (χ2v) is 13.0. The highest BCUT2D eigenvalue weighted by atomic mass is 35.5. The van der Waals surface area contributed by atoms with Crippen molar-refractivity contribution < 1.29 is 14.0 Å². The van der Waals surface area contributed by atoms with Crippen molar-refractivity contribution >= 4 is 26.0 Å². The highest BCUT2D eigenvalue weighted by Gasteiger charge is 2.37. The zero-order valence-corrected chi connectivity index (χ0v) is 16.6. The van der Waals surface area contributed by atoms with E-state index in [1.165, 1.54) is 0 Å². The average molecular weight is 338 g/mol. The molecule has 0 aliphatic carbocycles. The minimum atomic E-state index is -1.79. The van der Waals surface area contributed by atoms with Gasteiger partial charge in [0.25, 0.3) is 0 Å². The highest BCUT2D eigenvalue weighted by molar-refractivity contribution is 6.74. The van der Waals surface area contributed by atoms with Gasteiger partial charge in [0.15, 0.2) is 8.32 Å². The molecule has 0 saturated heterocycles. The Kier molecular flexibility index (Phi) is 7.74. The number of halogens is 1. The fourth-order valence-corrected chi connectivity index (χ4v) is 2.59. The van der Waals surface area contributed by atoms with E-state index in [0.29, 0.717) is 25.6 Å². The molecule has 0 aromatic rings. The van der Waals surface area contributed by atoms with Crippen LogP contribution in [0, 0.1) is 0 Å². The number of alkyl halides is 1. The maximum absolute atomic E-state index is 12.1. The molecule has 0 radical (unpaired) electrons. The third-order valence-corrected chi connectivity index (χ3v) is 8.34. The molecule has 0 heterocycles. The van der Waals surface area contributed by atoms with Crippen LogP contribution in [0.1, 0.15) is 41.5 Å². The van der Waals surface area contributed by atoms with Gasteiger partial charge in [0, 0.05) is 19.0 Å². The molecule has 0 saturated carbocycles. The SMILES string of the molecule is CC(C)(C)OC(=O)N(CCCl)CCO[Si](C)(C)C(C)(C)C. The number of hydrogen-bond donors (Lipinski definition) is 0. The van der Waals surface area contributed by atoms with Gasteiger partial charge in [-0.05, 0) is 38.9 Å². The summed E-state index contributed by atoms with van der Waals surface area (Å²) in [4.78, 5) is 13.7. The number of hydrogen-bond acceptors (Lipinski definition) is 3. The van der Waals surface area contributed by atoms with Crippen LogP contribution in [0.25, 0.3) is 0 Å². The smallest absolute Gasteiger partial charge is 0.410 e. The van der Waals surface area contributed by atoms with Crippen molar-refractivity contribution in [1.29, 1.82) is 0 Å². The molecule has 0 rings (SSSR count). The largest absolute Gasteiger partial charge is 0.444 e. The Bertz CT molecular complexity index is 335. The standard InChI is InChI=1S/C15H32ClNO3Si/c1-14(2,3)20-13(18)17(10-9-16)11-12-19-21(7,8)15(4,5)6/h9-12H2,1-8H3. The first kappa shape index (κ1) is 20.7. The maximum atomic E-state index is 12.1. The van der Waals surface area contributed by atoms with E-state index >= 15 is 0 Å². The lowest BCUT2D eigenvalue weighted by Gasteiger charge is -2.37. The van der Waals surface area contributed by atoms with E-state index in [-0.39, 0.29) is 11.1 Å². The Labute approximate surface area is 136 Å². The lowest BCUT2D eigenvalue weighted by Crippen LogP contribution is -2.44. The molecule has 126 valence electrons. The quantitative estimate of drug-likeness (QED) is 0.529. The molecule has 0 aliphatic heterocycles. The van der Waals surface area contributed by atoms with Gasteiger partial charge < -0.3 is 14.1 Å². The fourth-order valence-electron chi connectivity index (χ4n) is 1.35. The van der Waals surface area contributed by atoms with Gasteiger partial charge in [0.1, 0.15) is 5.60 Å². The minimum absolute atomic E-state index is 0.163. The lowest BCUT2D eigenvalue weighted by atomic mass is 10.2. The summed E-state index contributed by atoms with van der Waals surface area (Å²) in [6.07, 6.45) is -0.331. The predicted octanol–water partition coefficient (Wildman–Crippen LogP) is 4.48. The molecule has 0 aliphatic rings. The summed E-state index contributed by atoms with van der Waals surface area (Å²) in [6, 6.07) is 0. The van der Waals surface area contributed by atoms with Crippen LogP contribution in [-0.4, -0.2) is 50.5 Å². The normalized spacial score (nSPS) is 13.2. The maximum Gasteiger partial charge on any atom is 0.410 e. The van der Waals surface area contributed by atoms with E-state index in [0.717, 1.165) is 0 Å². The third-order valence-electron chi connectivity index (χ3n) is 3.64. The fraction of sp³-hybridized carbons (Fsp3) is 0.933. The predicted molar refractivity (Wildman–Crippen MR) is 91.7 cm³/mol. The molecule has 0 fully saturated rings. The summed E-state index contributed by atoms with van der Waals surface area (Å²) in [5, 5.41) is 0.163. The second kappa shape index (κ2) is 7.84. The molecule has 0 spiro atoms. The Morgan fingerprint density at radius 3 is 2.00 bits per heavy atom. The molecular formula is C15H32ClNO3Si. The summed E-state index contributed by atoms with van der Waals surface area (Å²) in [6.45, 7) is 18.1. The number of nitrogens with zero attached hydrogens (tertiary/aromatic N) is 1. The Hall–Kier alpha value is -0.263. The lowest BCUT2D eigenvalue weighted by molar-refractivity contribution is 0.0235. The van der Waals surface area contributed by atoms with Crippen molar-refractivity contribution in [3.05, 3.63) is 0 Å². The summed E-state index contributed by atoms with van der Waals surface area (Å²) in [5.74, 6) is 0.388. The molecule has 21 heavy (non-hydrogen) atoms. The van der Waals surface area contributed by atoms with Crippen molar-refractivity contribution in [2.24, 2.45) is 0 Å². The first-order valence-corrected chi connectivity index (χ1v) is 10.9. The first-order valence-electron chi connectivity index (χ1n) is 7.48. The van der Waals surface area contributed by atoms with Gasteiger partial charge in [0.2, 0.25) is 0 Å². The molecule has 6 heteroatoms. The molecular weight excluding hydrogens is 306 g/mol. The topological polar surface area (TPSA) is 38.8 Å². The van der Waals surface area contributed by atoms with Crippen LogP contribution >= 0.6 is 11.6 Å². The molecule has 1 amide bonds. The van der Waals surface area contributed by atoms with Crippen LogP contribution in [0.4, 0.5) is 4.79 Å². The van der Waals surface area contributed by atoms with Gasteiger partial charge in [-0.1, -0.05) is 20.8 Å². The van der Waals surface area contributed by atoms with E-state index in [2.05, 4.69) is 33.9 Å². The van der Waals surface area contributed by atoms with Crippen LogP contribution in [0.2, 0.25) is 18.1 Å². The van der Waals surface area contributed by atoms with Gasteiger partial charge in [0.05, 0.1) is 6.61 Å². The molecule has 0 N–H and O–H groups in total. The molecule has 0 bridgehead atoms. The van der Waals surface area contributed by atoms with Gasteiger partial charge in [-0.15, -0.1) is 11.6 Å². The van der Waals surface area contributed by atoms with E-state index in [1.807, 2.05) is 20.8 Å². The van der Waals surface area contributed by atoms with E-state index in [4.69, 9.17) is 20.8 Å². The molecule has 0 aromatic carbocycles. The Morgan fingerprint density at radius 1 is 1.10 bits per heavy atom. The van der Waals surface area contributed by atoms with E-state index in [1.54, 1.807) is 4.90 Å². The van der Waals surface area contributed by atoms with Crippen molar-refractivity contribution in [1.82, 2.24) is 4.90 Å². The first-order chi connectivity index (χ1) is 9.30. The summed E-state index contributed by atoms with van der Waals surface area (Å²) < 4.78 is 11.5. The minimum Gasteiger partial charge on any atom is -0.444 e. The molecule has 0 aromatic heterocycles. The third kappa shape index (κ3) is 8.07. The zero-order chi connectivity index (χ0) is 16.9. The van der Waals surface area contributed by atoms with Crippen LogP contribution in [0.3, 0.4) is 0 Å². The number of rotatable bonds is 6. The molecule has 4 nitrogen and oxygen atoms in total. The number of ether oxygens (including phenoxy) is 1. The van der Waals surface area contributed by atoms with Crippen molar-refractivity contribution in [3.63, 3.8) is 0 Å². The van der Waals surface area contributed by atoms with E-state index < -0.39 is 13.9 Å². The monoisotopic (exact) mass is 337 g/mol. The number of amides is 1. The van der Waals surface area contributed by atoms with Gasteiger partial charge in [-0.2, -0.15) is 0 Å². The van der Waals surface area contributed by atoms with Crippen LogP contribution < -0.4 is 0 Å². The Balaban J connectivity index is 4.51. The number of carbonyl (C=O) groups excluding carboxylic acids is 1.